The first-order valence-corrected chi connectivity index (χ1v) is 3.96. The van der Waals surface area contributed by atoms with Crippen molar-refractivity contribution in [1.29, 1.82) is 0 Å². The minimum absolute atomic E-state index is 0.0793. The third-order valence-corrected chi connectivity index (χ3v) is 2.12. The fourth-order valence-corrected chi connectivity index (χ4v) is 1.64. The lowest BCUT2D eigenvalue weighted by Gasteiger charge is -1.94. The number of benzene rings is 1. The summed E-state index contributed by atoms with van der Waals surface area (Å²) in [6, 6.07) is 2.91. The monoisotopic (exact) mass is 202 g/mol. The van der Waals surface area contributed by atoms with E-state index < -0.39 is 0 Å². The van der Waals surface area contributed by atoms with E-state index in [1.165, 1.54) is 12.1 Å². The lowest BCUT2D eigenvalue weighted by Crippen LogP contribution is -1.70. The normalized spacial score (nSPS) is 10.8. The van der Waals surface area contributed by atoms with Gasteiger partial charge in [-0.25, -0.2) is 0 Å². The average molecular weight is 203 g/mol. The van der Waals surface area contributed by atoms with Crippen molar-refractivity contribution in [2.45, 2.75) is 0 Å². The van der Waals surface area contributed by atoms with Gasteiger partial charge in [0.15, 0.2) is 0 Å². The number of fused-ring (bicyclic) bond motifs is 1. The molecule has 0 atom stereocenters. The van der Waals surface area contributed by atoms with E-state index in [0.29, 0.717) is 21.1 Å². The predicted octanol–water partition coefficient (Wildman–Crippen LogP) is 2.58. The Morgan fingerprint density at radius 2 is 2.08 bits per heavy atom. The van der Waals surface area contributed by atoms with Gasteiger partial charge in [0.05, 0.1) is 15.9 Å². The van der Waals surface area contributed by atoms with E-state index in [1.807, 2.05) is 0 Å². The summed E-state index contributed by atoms with van der Waals surface area (Å²) in [5, 5.41) is 17.0. The van der Waals surface area contributed by atoms with Gasteiger partial charge in [-0.05, 0) is 6.07 Å². The number of nitrogens with zero attached hydrogens (tertiary/aromatic N) is 1. The molecular weight excluding hydrogens is 199 g/mol. The zero-order chi connectivity index (χ0) is 8.72. The van der Waals surface area contributed by atoms with E-state index in [-0.39, 0.29) is 5.75 Å². The Hall–Kier alpha value is -0.930. The van der Waals surface area contributed by atoms with Crippen molar-refractivity contribution in [3.63, 3.8) is 0 Å². The Balaban J connectivity index is 2.93. The molecule has 1 aromatic carbocycles. The van der Waals surface area contributed by atoms with Gasteiger partial charge < -0.3 is 5.11 Å². The van der Waals surface area contributed by atoms with Gasteiger partial charge in [-0.2, -0.15) is 5.10 Å². The molecule has 5 heteroatoms. The molecule has 12 heavy (non-hydrogen) atoms. The van der Waals surface area contributed by atoms with Gasteiger partial charge in [0.1, 0.15) is 10.9 Å². The maximum atomic E-state index is 9.14. The summed E-state index contributed by atoms with van der Waals surface area (Å²) in [6.07, 6.45) is 0. The van der Waals surface area contributed by atoms with Gasteiger partial charge in [-0.1, -0.05) is 23.2 Å². The minimum Gasteiger partial charge on any atom is -0.508 e. The highest BCUT2D eigenvalue weighted by atomic mass is 35.5. The maximum Gasteiger partial charge on any atom is 0.133 e. The Kier molecular flexibility index (Phi) is 1.63. The minimum atomic E-state index is 0.0793. The van der Waals surface area contributed by atoms with Crippen LogP contribution < -0.4 is 0 Å². The van der Waals surface area contributed by atoms with Crippen molar-refractivity contribution in [3.05, 3.63) is 22.3 Å². The molecular formula is C7H4Cl2N2O. The summed E-state index contributed by atoms with van der Waals surface area (Å²) in [5.41, 5.74) is 0.560. The highest BCUT2D eigenvalue weighted by Crippen LogP contribution is 2.31. The standard InChI is InChI=1S/C7H4Cl2N2O/c8-4-1-3(12)2-5-6(4)7(9)11-10-5/h1-2,12H,(H,10,11). The van der Waals surface area contributed by atoms with Crippen molar-refractivity contribution >= 4 is 34.1 Å². The summed E-state index contributed by atoms with van der Waals surface area (Å²) >= 11 is 11.6. The smallest absolute Gasteiger partial charge is 0.133 e. The molecule has 0 saturated heterocycles. The molecule has 1 aromatic heterocycles. The number of nitrogens with one attached hydrogen (secondary N) is 1. The number of phenols is 1. The van der Waals surface area contributed by atoms with Crippen LogP contribution in [0.25, 0.3) is 10.9 Å². The van der Waals surface area contributed by atoms with Gasteiger partial charge in [0.2, 0.25) is 0 Å². The lowest BCUT2D eigenvalue weighted by atomic mass is 10.2. The van der Waals surface area contributed by atoms with Crippen molar-refractivity contribution in [1.82, 2.24) is 10.2 Å². The predicted molar refractivity (Wildman–Crippen MR) is 47.8 cm³/mol. The molecule has 0 fully saturated rings. The molecule has 1 heterocycles. The third kappa shape index (κ3) is 1.02. The molecule has 2 aromatic rings. The van der Waals surface area contributed by atoms with Crippen LogP contribution in [0.15, 0.2) is 12.1 Å². The Morgan fingerprint density at radius 1 is 1.33 bits per heavy atom. The van der Waals surface area contributed by atoms with E-state index in [4.69, 9.17) is 28.3 Å². The largest absolute Gasteiger partial charge is 0.508 e. The highest BCUT2D eigenvalue weighted by Gasteiger charge is 2.08. The van der Waals surface area contributed by atoms with Gasteiger partial charge in [-0.3, -0.25) is 5.10 Å². The van der Waals surface area contributed by atoms with Gasteiger partial charge in [-0.15, -0.1) is 0 Å². The molecule has 0 aliphatic heterocycles. The van der Waals surface area contributed by atoms with Crippen molar-refractivity contribution in [2.75, 3.05) is 0 Å². The third-order valence-electron chi connectivity index (χ3n) is 1.55. The summed E-state index contributed by atoms with van der Waals surface area (Å²) in [4.78, 5) is 0. The number of aromatic hydroxyl groups is 1. The molecule has 0 aliphatic carbocycles. The maximum absolute atomic E-state index is 9.14. The van der Waals surface area contributed by atoms with E-state index >= 15 is 0 Å². The first-order valence-electron chi connectivity index (χ1n) is 3.20. The number of aromatic nitrogens is 2. The topological polar surface area (TPSA) is 48.9 Å². The molecule has 2 N–H and O–H groups in total. The van der Waals surface area contributed by atoms with Crippen molar-refractivity contribution in [3.8, 4) is 5.75 Å². The molecule has 0 saturated carbocycles. The summed E-state index contributed by atoms with van der Waals surface area (Å²) in [5.74, 6) is 0.0793. The SMILES string of the molecule is Oc1cc(Cl)c2c(Cl)[nH]nc2c1. The van der Waals surface area contributed by atoms with Crippen LogP contribution in [-0.2, 0) is 0 Å². The second kappa shape index (κ2) is 2.54. The van der Waals surface area contributed by atoms with E-state index in [9.17, 15) is 0 Å². The Labute approximate surface area is 77.9 Å². The molecule has 62 valence electrons. The summed E-state index contributed by atoms with van der Waals surface area (Å²) < 4.78 is 0. The second-order valence-corrected chi connectivity index (χ2v) is 3.14. The molecule has 0 amide bonds. The zero-order valence-electron chi connectivity index (χ0n) is 5.81. The Morgan fingerprint density at radius 3 is 2.83 bits per heavy atom. The fourth-order valence-electron chi connectivity index (χ4n) is 1.05. The molecule has 0 aliphatic rings. The highest BCUT2D eigenvalue weighted by molar-refractivity contribution is 6.41. The molecule has 2 rings (SSSR count). The van der Waals surface area contributed by atoms with Crippen molar-refractivity contribution in [2.24, 2.45) is 0 Å². The van der Waals surface area contributed by atoms with Crippen LogP contribution >= 0.6 is 23.2 Å². The van der Waals surface area contributed by atoms with Crippen molar-refractivity contribution < 1.29 is 5.11 Å². The molecule has 0 radical (unpaired) electrons. The van der Waals surface area contributed by atoms with Gasteiger partial charge in [0, 0.05) is 6.07 Å². The fraction of sp³-hybridized carbons (Fsp3) is 0. The van der Waals surface area contributed by atoms with E-state index in [1.54, 1.807) is 0 Å². The van der Waals surface area contributed by atoms with Gasteiger partial charge in [0.25, 0.3) is 0 Å². The number of halogens is 2. The first-order chi connectivity index (χ1) is 5.68. The second-order valence-electron chi connectivity index (χ2n) is 2.36. The van der Waals surface area contributed by atoms with Crippen LogP contribution in [0.2, 0.25) is 10.2 Å². The number of phenolic OH excluding ortho intramolecular Hbond substituents is 1. The molecule has 0 bridgehead atoms. The number of hydrogen-bond acceptors (Lipinski definition) is 2. The van der Waals surface area contributed by atoms with Crippen LogP contribution in [0, 0.1) is 0 Å². The Bertz CT molecular complexity index is 438. The van der Waals surface area contributed by atoms with E-state index in [0.717, 1.165) is 0 Å². The zero-order valence-corrected chi connectivity index (χ0v) is 7.32. The quantitative estimate of drug-likeness (QED) is 0.691. The van der Waals surface area contributed by atoms with Crippen LogP contribution in [0.3, 0.4) is 0 Å². The molecule has 0 spiro atoms. The first kappa shape index (κ1) is 7.71. The summed E-state index contributed by atoms with van der Waals surface area (Å²) in [7, 11) is 0. The molecule has 0 unspecified atom stereocenters. The number of H-pyrrole nitrogens is 1. The number of hydrogen-bond donors (Lipinski definition) is 2. The van der Waals surface area contributed by atoms with Crippen LogP contribution in [-0.4, -0.2) is 15.3 Å². The molecule has 3 nitrogen and oxygen atoms in total. The average Bonchev–Trinajstić information content (AvgIpc) is 2.31. The lowest BCUT2D eigenvalue weighted by molar-refractivity contribution is 0.476. The van der Waals surface area contributed by atoms with Crippen LogP contribution in [0.1, 0.15) is 0 Å². The van der Waals surface area contributed by atoms with Crippen LogP contribution in [0.5, 0.6) is 5.75 Å². The van der Waals surface area contributed by atoms with E-state index in [2.05, 4.69) is 10.2 Å². The number of rotatable bonds is 0. The summed E-state index contributed by atoms with van der Waals surface area (Å²) in [6.45, 7) is 0. The van der Waals surface area contributed by atoms with Crippen LogP contribution in [0.4, 0.5) is 0 Å². The number of aromatic amines is 1. The van der Waals surface area contributed by atoms with Gasteiger partial charge >= 0.3 is 0 Å².